The van der Waals surface area contributed by atoms with Gasteiger partial charge in [0, 0.05) is 12.3 Å². The zero-order valence-corrected chi connectivity index (χ0v) is 11.2. The van der Waals surface area contributed by atoms with E-state index in [2.05, 4.69) is 28.6 Å². The lowest BCUT2D eigenvalue weighted by atomic mass is 10.3. The number of carboxylic acids is 2. The van der Waals surface area contributed by atoms with Gasteiger partial charge in [-0.1, -0.05) is 0 Å². The molecule has 20 heavy (non-hydrogen) atoms. The van der Waals surface area contributed by atoms with Gasteiger partial charge in [-0.05, 0) is 0 Å². The molecule has 0 aliphatic rings. The Morgan fingerprint density at radius 1 is 1.15 bits per heavy atom. The number of hydrogen-bond acceptors (Lipinski definition) is 6. The van der Waals surface area contributed by atoms with Crippen molar-refractivity contribution in [2.24, 2.45) is 5.73 Å². The van der Waals surface area contributed by atoms with E-state index in [9.17, 15) is 19.2 Å². The maximum Gasteiger partial charge on any atom is 0.322 e. The number of amides is 3. The molecule has 0 radical (unpaired) electrons. The second-order valence-electron chi connectivity index (χ2n) is 3.65. The number of carbonyl (C=O) groups is 4. The second-order valence-corrected chi connectivity index (χ2v) is 4.01. The number of nitrogens with one attached hydrogen (secondary N) is 3. The number of rotatable bonds is 8. The molecule has 114 valence electrons. The van der Waals surface area contributed by atoms with Gasteiger partial charge in [-0.3, -0.25) is 14.4 Å². The first kappa shape index (κ1) is 18.0. The molecule has 7 N–H and O–H groups in total. The van der Waals surface area contributed by atoms with Crippen LogP contribution in [0.25, 0.3) is 0 Å². The van der Waals surface area contributed by atoms with Crippen LogP contribution in [-0.2, 0) is 14.4 Å². The quantitative estimate of drug-likeness (QED) is 0.237. The number of aliphatic carboxylic acids is 2. The molecule has 2 atom stereocenters. The number of urea groups is 1. The van der Waals surface area contributed by atoms with Crippen LogP contribution < -0.4 is 21.7 Å². The SMILES string of the molecule is N[C@@H](CNC(=O)N[C@@H](CS)C(=O)NCC(=O)O)C(=O)O. The van der Waals surface area contributed by atoms with E-state index in [1.165, 1.54) is 0 Å². The molecule has 0 aromatic rings. The third-order valence-electron chi connectivity index (χ3n) is 2.02. The Balaban J connectivity index is 4.21. The van der Waals surface area contributed by atoms with Crippen LogP contribution in [0.3, 0.4) is 0 Å². The second kappa shape index (κ2) is 8.98. The van der Waals surface area contributed by atoms with Gasteiger partial charge in [-0.25, -0.2) is 4.79 Å². The summed E-state index contributed by atoms with van der Waals surface area (Å²) in [7, 11) is 0. The van der Waals surface area contributed by atoms with E-state index >= 15 is 0 Å². The van der Waals surface area contributed by atoms with Gasteiger partial charge in [0.2, 0.25) is 5.91 Å². The van der Waals surface area contributed by atoms with Crippen molar-refractivity contribution in [3.63, 3.8) is 0 Å². The molecule has 0 aromatic heterocycles. The fourth-order valence-corrected chi connectivity index (χ4v) is 1.24. The van der Waals surface area contributed by atoms with Crippen molar-refractivity contribution in [2.75, 3.05) is 18.8 Å². The summed E-state index contributed by atoms with van der Waals surface area (Å²) in [6.07, 6.45) is 0. The Hall–Kier alpha value is -2.01. The third kappa shape index (κ3) is 7.43. The average Bonchev–Trinajstić information content (AvgIpc) is 2.38. The maximum absolute atomic E-state index is 11.5. The smallest absolute Gasteiger partial charge is 0.322 e. The van der Waals surface area contributed by atoms with Gasteiger partial charge in [0.1, 0.15) is 18.6 Å². The Kier molecular flexibility index (Phi) is 8.08. The molecule has 0 saturated carbocycles. The predicted octanol–water partition coefficient (Wildman–Crippen LogP) is -2.80. The van der Waals surface area contributed by atoms with Crippen LogP contribution in [0.2, 0.25) is 0 Å². The van der Waals surface area contributed by atoms with Crippen molar-refractivity contribution >= 4 is 36.5 Å². The summed E-state index contributed by atoms with van der Waals surface area (Å²) in [5, 5.41) is 23.3. The number of thiol groups is 1. The molecule has 0 saturated heterocycles. The van der Waals surface area contributed by atoms with Crippen molar-refractivity contribution in [3.05, 3.63) is 0 Å². The van der Waals surface area contributed by atoms with Gasteiger partial charge in [0.25, 0.3) is 0 Å². The minimum absolute atomic E-state index is 0.0656. The fourth-order valence-electron chi connectivity index (χ4n) is 0.979. The highest BCUT2D eigenvalue weighted by molar-refractivity contribution is 7.80. The molecule has 10 nitrogen and oxygen atoms in total. The summed E-state index contributed by atoms with van der Waals surface area (Å²) in [6, 6.07) is -3.14. The highest BCUT2D eigenvalue weighted by Crippen LogP contribution is 1.89. The molecule has 0 fully saturated rings. The fraction of sp³-hybridized carbons (Fsp3) is 0.556. The third-order valence-corrected chi connectivity index (χ3v) is 2.38. The Bertz CT molecular complexity index is 391. The molecular formula is C9H16N4O6S. The zero-order chi connectivity index (χ0) is 15.7. The van der Waals surface area contributed by atoms with Crippen LogP contribution in [0.15, 0.2) is 0 Å². The summed E-state index contributed by atoms with van der Waals surface area (Å²) in [6.45, 7) is -0.909. The van der Waals surface area contributed by atoms with Crippen LogP contribution in [0.1, 0.15) is 0 Å². The monoisotopic (exact) mass is 308 g/mol. The van der Waals surface area contributed by atoms with E-state index in [0.717, 1.165) is 0 Å². The lowest BCUT2D eigenvalue weighted by Gasteiger charge is -2.16. The van der Waals surface area contributed by atoms with Crippen molar-refractivity contribution in [1.29, 1.82) is 0 Å². The average molecular weight is 308 g/mol. The van der Waals surface area contributed by atoms with Crippen molar-refractivity contribution < 1.29 is 29.4 Å². The first-order chi connectivity index (χ1) is 9.27. The van der Waals surface area contributed by atoms with Gasteiger partial charge >= 0.3 is 18.0 Å². The molecule has 0 aliphatic carbocycles. The van der Waals surface area contributed by atoms with E-state index < -0.39 is 42.5 Å². The summed E-state index contributed by atoms with van der Waals surface area (Å²) < 4.78 is 0. The summed E-state index contributed by atoms with van der Waals surface area (Å²) in [4.78, 5) is 43.6. The minimum atomic E-state index is -1.28. The Morgan fingerprint density at radius 2 is 1.75 bits per heavy atom. The standard InChI is InChI=1S/C9H16N4O6S/c10-4(8(17)18)1-12-9(19)13-5(3-20)7(16)11-2-6(14)15/h4-5,20H,1-3,10H2,(H,11,16)(H,14,15)(H,17,18)(H2,12,13,19)/t4-,5-/m0/s1. The van der Waals surface area contributed by atoms with E-state index in [0.29, 0.717) is 0 Å². The molecule has 0 bridgehead atoms. The van der Waals surface area contributed by atoms with Crippen LogP contribution >= 0.6 is 12.6 Å². The number of hydrogen-bond donors (Lipinski definition) is 7. The van der Waals surface area contributed by atoms with E-state index in [4.69, 9.17) is 15.9 Å². The molecule has 0 heterocycles. The van der Waals surface area contributed by atoms with Crippen LogP contribution in [0.4, 0.5) is 4.79 Å². The number of nitrogens with two attached hydrogens (primary N) is 1. The molecule has 0 spiro atoms. The maximum atomic E-state index is 11.5. The molecule has 0 rings (SSSR count). The van der Waals surface area contributed by atoms with Crippen LogP contribution in [0.5, 0.6) is 0 Å². The molecule has 0 unspecified atom stereocenters. The number of carbonyl (C=O) groups excluding carboxylic acids is 2. The first-order valence-electron chi connectivity index (χ1n) is 5.41. The Morgan fingerprint density at radius 3 is 2.20 bits per heavy atom. The van der Waals surface area contributed by atoms with E-state index in [1.54, 1.807) is 0 Å². The number of carboxylic acid groups (broad SMARTS) is 2. The predicted molar refractivity (Wildman–Crippen MR) is 70.4 cm³/mol. The molecular weight excluding hydrogens is 292 g/mol. The molecule has 0 aliphatic heterocycles. The molecule has 3 amide bonds. The van der Waals surface area contributed by atoms with Gasteiger partial charge in [-0.15, -0.1) is 0 Å². The summed E-state index contributed by atoms with van der Waals surface area (Å²) >= 11 is 3.85. The highest BCUT2D eigenvalue weighted by Gasteiger charge is 2.20. The Labute approximate surface area is 119 Å². The van der Waals surface area contributed by atoms with Crippen molar-refractivity contribution in [1.82, 2.24) is 16.0 Å². The topological polar surface area (TPSA) is 171 Å². The lowest BCUT2D eigenvalue weighted by Crippen LogP contribution is -2.53. The summed E-state index contributed by atoms with van der Waals surface area (Å²) in [5.41, 5.74) is 5.17. The minimum Gasteiger partial charge on any atom is -0.480 e. The normalized spacial score (nSPS) is 12.9. The van der Waals surface area contributed by atoms with Crippen molar-refractivity contribution in [2.45, 2.75) is 12.1 Å². The lowest BCUT2D eigenvalue weighted by molar-refractivity contribution is -0.138. The van der Waals surface area contributed by atoms with E-state index in [-0.39, 0.29) is 12.3 Å². The first-order valence-corrected chi connectivity index (χ1v) is 6.04. The largest absolute Gasteiger partial charge is 0.480 e. The van der Waals surface area contributed by atoms with Gasteiger partial charge < -0.3 is 31.9 Å². The van der Waals surface area contributed by atoms with Crippen molar-refractivity contribution in [3.8, 4) is 0 Å². The van der Waals surface area contributed by atoms with Gasteiger partial charge in [0.15, 0.2) is 0 Å². The van der Waals surface area contributed by atoms with Gasteiger partial charge in [-0.2, -0.15) is 12.6 Å². The van der Waals surface area contributed by atoms with Crippen LogP contribution in [-0.4, -0.2) is 65.0 Å². The van der Waals surface area contributed by atoms with Crippen LogP contribution in [0, 0.1) is 0 Å². The molecule has 0 aromatic carbocycles. The van der Waals surface area contributed by atoms with E-state index in [1.807, 2.05) is 0 Å². The zero-order valence-electron chi connectivity index (χ0n) is 10.3. The summed E-state index contributed by atoms with van der Waals surface area (Å²) in [5.74, 6) is -3.30. The molecule has 11 heteroatoms. The highest BCUT2D eigenvalue weighted by atomic mass is 32.1. The van der Waals surface area contributed by atoms with Gasteiger partial charge in [0.05, 0.1) is 0 Å².